The normalized spacial score (nSPS) is 27.9. The van der Waals surface area contributed by atoms with Crippen LogP contribution in [-0.2, 0) is 11.2 Å². The molecule has 5 nitrogen and oxygen atoms in total. The average Bonchev–Trinajstić information content (AvgIpc) is 2.37. The summed E-state index contributed by atoms with van der Waals surface area (Å²) in [5.41, 5.74) is 1.17. The summed E-state index contributed by atoms with van der Waals surface area (Å²) in [6.07, 6.45) is 0.985. The summed E-state index contributed by atoms with van der Waals surface area (Å²) in [7, 11) is 0. The van der Waals surface area contributed by atoms with E-state index in [1.807, 2.05) is 30.3 Å². The first-order valence-corrected chi connectivity index (χ1v) is 6.14. The number of aliphatic hydroxyl groups excluding tert-OH is 1. The maximum absolute atomic E-state index is 10.9. The first-order chi connectivity index (χ1) is 8.66. The Hall–Kier alpha value is -1.46. The Morgan fingerprint density at radius 1 is 1.39 bits per heavy atom. The number of hydrogen-bond donors (Lipinski definition) is 1. The van der Waals surface area contributed by atoms with Crippen LogP contribution in [0.1, 0.15) is 18.4 Å². The molecule has 1 saturated heterocycles. The van der Waals surface area contributed by atoms with Gasteiger partial charge in [0.1, 0.15) is 6.61 Å². The van der Waals surface area contributed by atoms with Crippen molar-refractivity contribution in [2.75, 3.05) is 6.61 Å². The number of benzene rings is 1. The lowest BCUT2D eigenvalue weighted by Crippen LogP contribution is -2.42. The molecule has 0 amide bonds. The summed E-state index contributed by atoms with van der Waals surface area (Å²) >= 11 is 0. The van der Waals surface area contributed by atoms with Gasteiger partial charge in [-0.15, -0.1) is 0 Å². The van der Waals surface area contributed by atoms with Gasteiger partial charge in [0, 0.05) is 17.3 Å². The molecule has 0 spiro atoms. The second kappa shape index (κ2) is 5.93. The molecule has 2 rings (SSSR count). The minimum absolute atomic E-state index is 0.00756. The highest BCUT2D eigenvalue weighted by atomic mass is 16.6. The van der Waals surface area contributed by atoms with Crippen LogP contribution in [0.25, 0.3) is 0 Å². The molecule has 5 heteroatoms. The molecule has 3 atom stereocenters. The third-order valence-corrected chi connectivity index (χ3v) is 3.43. The Balaban J connectivity index is 1.94. The monoisotopic (exact) mass is 251 g/mol. The molecule has 1 fully saturated rings. The van der Waals surface area contributed by atoms with E-state index in [-0.39, 0.29) is 17.4 Å². The Morgan fingerprint density at radius 2 is 2.11 bits per heavy atom. The van der Waals surface area contributed by atoms with Gasteiger partial charge in [0.15, 0.2) is 6.29 Å². The van der Waals surface area contributed by atoms with Crippen molar-refractivity contribution >= 4 is 0 Å². The highest BCUT2D eigenvalue weighted by molar-refractivity contribution is 5.14. The fourth-order valence-corrected chi connectivity index (χ4v) is 2.37. The minimum atomic E-state index is -0.859. The number of ether oxygens (including phenoxy) is 1. The third-order valence-electron chi connectivity index (χ3n) is 3.43. The Labute approximate surface area is 106 Å². The van der Waals surface area contributed by atoms with E-state index in [0.717, 1.165) is 6.42 Å². The van der Waals surface area contributed by atoms with Crippen LogP contribution < -0.4 is 0 Å². The van der Waals surface area contributed by atoms with Gasteiger partial charge >= 0.3 is 0 Å². The molecule has 1 aliphatic heterocycles. The molecule has 1 aromatic carbocycles. The van der Waals surface area contributed by atoms with Crippen molar-refractivity contribution in [2.45, 2.75) is 31.6 Å². The zero-order valence-electron chi connectivity index (χ0n) is 10.1. The van der Waals surface area contributed by atoms with Crippen LogP contribution in [0.15, 0.2) is 30.3 Å². The smallest absolute Gasteiger partial charge is 0.239 e. The van der Waals surface area contributed by atoms with Gasteiger partial charge in [0.05, 0.1) is 0 Å². The van der Waals surface area contributed by atoms with E-state index < -0.39 is 12.3 Å². The lowest BCUT2D eigenvalue weighted by Gasteiger charge is -2.28. The summed E-state index contributed by atoms with van der Waals surface area (Å²) in [6.45, 7) is 0.00756. The molecule has 1 N–H and O–H groups in total. The summed E-state index contributed by atoms with van der Waals surface area (Å²) in [5.74, 6) is -0.121. The molecular weight excluding hydrogens is 234 g/mol. The van der Waals surface area contributed by atoms with E-state index >= 15 is 0 Å². The molecule has 0 aliphatic carbocycles. The van der Waals surface area contributed by atoms with Crippen molar-refractivity contribution in [1.29, 1.82) is 0 Å². The molecule has 1 unspecified atom stereocenters. The van der Waals surface area contributed by atoms with Crippen molar-refractivity contribution in [3.63, 3.8) is 0 Å². The largest absolute Gasteiger partial charge is 0.368 e. The van der Waals surface area contributed by atoms with Gasteiger partial charge < -0.3 is 9.84 Å². The topological polar surface area (TPSA) is 72.6 Å². The lowest BCUT2D eigenvalue weighted by atomic mass is 9.88. The fraction of sp³-hybridized carbons (Fsp3) is 0.538. The number of nitrogens with zero attached hydrogens (tertiary/aromatic N) is 1. The molecule has 1 aliphatic rings. The van der Waals surface area contributed by atoms with E-state index in [0.29, 0.717) is 12.8 Å². The van der Waals surface area contributed by atoms with Crippen LogP contribution in [0.2, 0.25) is 0 Å². The van der Waals surface area contributed by atoms with Crippen molar-refractivity contribution in [2.24, 2.45) is 5.92 Å². The molecule has 18 heavy (non-hydrogen) atoms. The van der Waals surface area contributed by atoms with Gasteiger partial charge in [-0.3, -0.25) is 10.1 Å². The maximum Gasteiger partial charge on any atom is 0.239 e. The molecule has 1 aromatic rings. The van der Waals surface area contributed by atoms with Crippen molar-refractivity contribution in [1.82, 2.24) is 0 Å². The zero-order valence-corrected chi connectivity index (χ0v) is 10.1. The minimum Gasteiger partial charge on any atom is -0.368 e. The first kappa shape index (κ1) is 13.0. The number of nitro groups is 1. The van der Waals surface area contributed by atoms with Gasteiger partial charge in [0.25, 0.3) is 0 Å². The predicted molar refractivity (Wildman–Crippen MR) is 65.6 cm³/mol. The SMILES string of the molecule is O=[N+]([O-])[C@H]1COC(O)C[C@H]1CCc1ccccc1. The Kier molecular flexibility index (Phi) is 4.28. The van der Waals surface area contributed by atoms with Crippen molar-refractivity contribution in [3.05, 3.63) is 46.0 Å². The molecule has 0 radical (unpaired) electrons. The average molecular weight is 251 g/mol. The highest BCUT2D eigenvalue weighted by Crippen LogP contribution is 2.26. The van der Waals surface area contributed by atoms with Crippen LogP contribution in [0.4, 0.5) is 0 Å². The maximum atomic E-state index is 10.9. The Morgan fingerprint density at radius 3 is 2.78 bits per heavy atom. The van der Waals surface area contributed by atoms with Gasteiger partial charge in [0.2, 0.25) is 6.04 Å². The standard InChI is InChI=1S/C13H17NO4/c15-13-8-11(12(9-18-13)14(16)17)7-6-10-4-2-1-3-5-10/h1-5,11-13,15H,6-9H2/t11-,12+,13?/m1/s1. The van der Waals surface area contributed by atoms with Crippen LogP contribution in [-0.4, -0.2) is 29.0 Å². The van der Waals surface area contributed by atoms with Crippen LogP contribution >= 0.6 is 0 Å². The van der Waals surface area contributed by atoms with Gasteiger partial charge in [-0.25, -0.2) is 0 Å². The van der Waals surface area contributed by atoms with Gasteiger partial charge in [-0.1, -0.05) is 30.3 Å². The Bertz CT molecular complexity index is 395. The zero-order chi connectivity index (χ0) is 13.0. The summed E-state index contributed by atoms with van der Waals surface area (Å²) < 4.78 is 4.95. The van der Waals surface area contributed by atoms with Gasteiger partial charge in [-0.05, 0) is 18.4 Å². The predicted octanol–water partition coefficient (Wildman–Crippen LogP) is 1.62. The van der Waals surface area contributed by atoms with Gasteiger partial charge in [-0.2, -0.15) is 0 Å². The number of hydrogen-bond acceptors (Lipinski definition) is 4. The number of aliphatic hydroxyl groups is 1. The van der Waals surface area contributed by atoms with E-state index in [4.69, 9.17) is 4.74 Å². The van der Waals surface area contributed by atoms with Crippen LogP contribution in [0, 0.1) is 16.0 Å². The second-order valence-electron chi connectivity index (χ2n) is 4.66. The molecule has 0 bridgehead atoms. The van der Waals surface area contributed by atoms with E-state index in [1.165, 1.54) is 5.56 Å². The van der Waals surface area contributed by atoms with E-state index in [9.17, 15) is 15.2 Å². The number of rotatable bonds is 4. The van der Waals surface area contributed by atoms with Crippen molar-refractivity contribution < 1.29 is 14.8 Å². The lowest BCUT2D eigenvalue weighted by molar-refractivity contribution is -0.545. The fourth-order valence-electron chi connectivity index (χ4n) is 2.37. The molecule has 1 heterocycles. The summed E-state index contributed by atoms with van der Waals surface area (Å²) in [6, 6.07) is 9.19. The van der Waals surface area contributed by atoms with Crippen molar-refractivity contribution in [3.8, 4) is 0 Å². The van der Waals surface area contributed by atoms with E-state index in [1.54, 1.807) is 0 Å². The second-order valence-corrected chi connectivity index (χ2v) is 4.66. The van der Waals surface area contributed by atoms with Crippen LogP contribution in [0.5, 0.6) is 0 Å². The quantitative estimate of drug-likeness (QED) is 0.652. The summed E-state index contributed by atoms with van der Waals surface area (Å²) in [4.78, 5) is 10.6. The molecule has 98 valence electrons. The summed E-state index contributed by atoms with van der Waals surface area (Å²) in [5, 5.41) is 20.4. The molecule has 0 saturated carbocycles. The first-order valence-electron chi connectivity index (χ1n) is 6.14. The third kappa shape index (κ3) is 3.27. The number of aryl methyl sites for hydroxylation is 1. The highest BCUT2D eigenvalue weighted by Gasteiger charge is 2.37. The molecule has 0 aromatic heterocycles. The van der Waals surface area contributed by atoms with Crippen LogP contribution in [0.3, 0.4) is 0 Å². The molecular formula is C13H17NO4. The van der Waals surface area contributed by atoms with E-state index in [2.05, 4.69) is 0 Å².